The van der Waals surface area contributed by atoms with Gasteiger partial charge in [-0.05, 0) is 48.7 Å². The molecular weight excluding hydrogens is 412 g/mol. The van der Waals surface area contributed by atoms with E-state index in [1.54, 1.807) is 49.6 Å². The van der Waals surface area contributed by atoms with Crippen molar-refractivity contribution in [2.45, 2.75) is 20.3 Å². The van der Waals surface area contributed by atoms with Crippen LogP contribution >= 0.6 is 0 Å². The summed E-state index contributed by atoms with van der Waals surface area (Å²) in [5.74, 6) is 1.74. The van der Waals surface area contributed by atoms with Gasteiger partial charge in [-0.3, -0.25) is 20.4 Å². The zero-order valence-corrected chi connectivity index (χ0v) is 19.1. The van der Waals surface area contributed by atoms with E-state index in [1.165, 1.54) is 20.3 Å². The monoisotopic (exact) mass is 442 g/mol. The number of ether oxygens (including phenoxy) is 4. The molecule has 0 saturated carbocycles. The molecule has 0 fully saturated rings. The summed E-state index contributed by atoms with van der Waals surface area (Å²) in [6.07, 6.45) is 3.77. The number of hydrogen-bond acceptors (Lipinski definition) is 6. The Hall–Kier alpha value is -3.68. The third-order valence-electron chi connectivity index (χ3n) is 4.53. The van der Waals surface area contributed by atoms with E-state index in [4.69, 9.17) is 18.9 Å². The van der Waals surface area contributed by atoms with Crippen LogP contribution in [0.4, 0.5) is 0 Å². The Bertz CT molecular complexity index is 956. The van der Waals surface area contributed by atoms with Crippen LogP contribution in [0.15, 0.2) is 42.5 Å². The molecule has 0 radical (unpaired) electrons. The molecule has 0 unspecified atom stereocenters. The van der Waals surface area contributed by atoms with Crippen LogP contribution in [0.2, 0.25) is 0 Å². The average Bonchev–Trinajstić information content (AvgIpc) is 2.80. The second-order valence-corrected chi connectivity index (χ2v) is 7.28. The van der Waals surface area contributed by atoms with Gasteiger partial charge < -0.3 is 18.9 Å². The van der Waals surface area contributed by atoms with Crippen molar-refractivity contribution in [1.82, 2.24) is 10.9 Å². The number of nitrogens with one attached hydrogen (secondary N) is 2. The summed E-state index contributed by atoms with van der Waals surface area (Å²) in [6, 6.07) is 10.1. The number of carbonyl (C=O) groups excluding carboxylic acids is 2. The van der Waals surface area contributed by atoms with Crippen molar-refractivity contribution in [3.8, 4) is 23.0 Å². The fourth-order valence-electron chi connectivity index (χ4n) is 2.69. The Labute approximate surface area is 188 Å². The molecule has 0 aromatic heterocycles. The summed E-state index contributed by atoms with van der Waals surface area (Å²) >= 11 is 0. The van der Waals surface area contributed by atoms with E-state index in [1.807, 2.05) is 0 Å². The fraction of sp³-hybridized carbons (Fsp3) is 0.333. The lowest BCUT2D eigenvalue weighted by Gasteiger charge is -2.13. The molecule has 32 heavy (non-hydrogen) atoms. The number of methoxy groups -OCH3 is 3. The van der Waals surface area contributed by atoms with Crippen molar-refractivity contribution in [1.29, 1.82) is 0 Å². The Morgan fingerprint density at radius 3 is 2.31 bits per heavy atom. The maximum atomic E-state index is 12.4. The quantitative estimate of drug-likeness (QED) is 0.431. The molecule has 2 N–H and O–H groups in total. The van der Waals surface area contributed by atoms with Crippen molar-refractivity contribution in [3.63, 3.8) is 0 Å². The number of hydrazine groups is 1. The minimum absolute atomic E-state index is 0.319. The van der Waals surface area contributed by atoms with Crippen LogP contribution in [-0.2, 0) is 4.79 Å². The van der Waals surface area contributed by atoms with E-state index >= 15 is 0 Å². The summed E-state index contributed by atoms with van der Waals surface area (Å²) in [7, 11) is 4.59. The second-order valence-electron chi connectivity index (χ2n) is 7.28. The first-order valence-corrected chi connectivity index (χ1v) is 10.2. The summed E-state index contributed by atoms with van der Waals surface area (Å²) < 4.78 is 21.5. The zero-order chi connectivity index (χ0) is 23.5. The Morgan fingerprint density at radius 2 is 1.66 bits per heavy atom. The molecule has 2 amide bonds. The lowest BCUT2D eigenvalue weighted by atomic mass is 10.1. The van der Waals surface area contributed by atoms with Gasteiger partial charge in [0.05, 0.1) is 27.9 Å². The third kappa shape index (κ3) is 7.23. The predicted octanol–water partition coefficient (Wildman–Crippen LogP) is 3.61. The van der Waals surface area contributed by atoms with E-state index in [0.29, 0.717) is 46.6 Å². The normalized spacial score (nSPS) is 10.7. The highest BCUT2D eigenvalue weighted by Gasteiger charge is 2.12. The average molecular weight is 443 g/mol. The first-order valence-electron chi connectivity index (χ1n) is 10.2. The SMILES string of the molecule is COc1ccc(/C=C/C(=O)NNC(=O)c2ccc(OCCC(C)C)c(OC)c2)c(OC)c1. The molecule has 0 spiro atoms. The van der Waals surface area contributed by atoms with Crippen LogP contribution in [0, 0.1) is 5.92 Å². The number of amides is 2. The van der Waals surface area contributed by atoms with Crippen molar-refractivity contribution >= 4 is 17.9 Å². The molecule has 2 aromatic carbocycles. The number of carbonyl (C=O) groups is 2. The molecule has 0 aliphatic heterocycles. The minimum Gasteiger partial charge on any atom is -0.497 e. The van der Waals surface area contributed by atoms with E-state index in [2.05, 4.69) is 24.7 Å². The zero-order valence-electron chi connectivity index (χ0n) is 19.1. The highest BCUT2D eigenvalue weighted by molar-refractivity contribution is 5.98. The van der Waals surface area contributed by atoms with Crippen molar-refractivity contribution in [2.24, 2.45) is 5.92 Å². The largest absolute Gasteiger partial charge is 0.497 e. The maximum Gasteiger partial charge on any atom is 0.269 e. The molecule has 0 aliphatic rings. The van der Waals surface area contributed by atoms with Gasteiger partial charge >= 0.3 is 0 Å². The first-order chi connectivity index (χ1) is 15.4. The summed E-state index contributed by atoms with van der Waals surface area (Å²) in [5.41, 5.74) is 5.73. The second kappa shape index (κ2) is 12.2. The maximum absolute atomic E-state index is 12.4. The Balaban J connectivity index is 1.95. The van der Waals surface area contributed by atoms with Gasteiger partial charge in [-0.25, -0.2) is 0 Å². The van der Waals surface area contributed by atoms with Gasteiger partial charge in [-0.2, -0.15) is 0 Å². The lowest BCUT2D eigenvalue weighted by Crippen LogP contribution is -2.40. The van der Waals surface area contributed by atoms with E-state index in [0.717, 1.165) is 6.42 Å². The van der Waals surface area contributed by atoms with Gasteiger partial charge in [0.15, 0.2) is 11.5 Å². The Kier molecular flexibility index (Phi) is 9.41. The highest BCUT2D eigenvalue weighted by Crippen LogP contribution is 2.28. The van der Waals surface area contributed by atoms with Gasteiger partial charge in [0.1, 0.15) is 11.5 Å². The molecule has 0 bridgehead atoms. The molecule has 0 heterocycles. The van der Waals surface area contributed by atoms with Gasteiger partial charge in [-0.1, -0.05) is 13.8 Å². The topological polar surface area (TPSA) is 95.1 Å². The third-order valence-corrected chi connectivity index (χ3v) is 4.53. The van der Waals surface area contributed by atoms with E-state index < -0.39 is 11.8 Å². The van der Waals surface area contributed by atoms with Crippen LogP contribution in [-0.4, -0.2) is 39.8 Å². The first kappa shape index (κ1) is 24.6. The van der Waals surface area contributed by atoms with Crippen molar-refractivity contribution in [3.05, 3.63) is 53.6 Å². The van der Waals surface area contributed by atoms with Crippen LogP contribution in [0.3, 0.4) is 0 Å². The molecule has 0 aliphatic carbocycles. The van der Waals surface area contributed by atoms with Crippen molar-refractivity contribution in [2.75, 3.05) is 27.9 Å². The summed E-state index contributed by atoms with van der Waals surface area (Å²) in [4.78, 5) is 24.5. The number of hydrogen-bond donors (Lipinski definition) is 2. The number of rotatable bonds is 10. The van der Waals surface area contributed by atoms with Crippen LogP contribution < -0.4 is 29.8 Å². The molecule has 8 nitrogen and oxygen atoms in total. The summed E-state index contributed by atoms with van der Waals surface area (Å²) in [5, 5.41) is 0. The molecule has 2 rings (SSSR count). The van der Waals surface area contributed by atoms with Crippen LogP contribution in [0.25, 0.3) is 6.08 Å². The lowest BCUT2D eigenvalue weighted by molar-refractivity contribution is -0.117. The van der Waals surface area contributed by atoms with E-state index in [9.17, 15) is 9.59 Å². The molecule has 2 aromatic rings. The molecule has 0 saturated heterocycles. The van der Waals surface area contributed by atoms with Gasteiger partial charge in [0.2, 0.25) is 0 Å². The molecular formula is C24H30N2O6. The summed E-state index contributed by atoms with van der Waals surface area (Å²) in [6.45, 7) is 4.79. The van der Waals surface area contributed by atoms with Crippen molar-refractivity contribution < 1.29 is 28.5 Å². The fourth-order valence-corrected chi connectivity index (χ4v) is 2.69. The van der Waals surface area contributed by atoms with Gasteiger partial charge in [0.25, 0.3) is 11.8 Å². The van der Waals surface area contributed by atoms with Crippen LogP contribution in [0.1, 0.15) is 36.2 Å². The molecule has 172 valence electrons. The highest BCUT2D eigenvalue weighted by atomic mass is 16.5. The smallest absolute Gasteiger partial charge is 0.269 e. The standard InChI is InChI=1S/C24H30N2O6/c1-16(2)12-13-32-20-10-7-18(14-22(20)31-5)24(28)26-25-23(27)11-8-17-6-9-19(29-3)15-21(17)30-4/h6-11,14-16H,12-13H2,1-5H3,(H,25,27)(H,26,28)/b11-8+. The molecule has 8 heteroatoms. The number of benzene rings is 2. The van der Waals surface area contributed by atoms with Gasteiger partial charge in [0, 0.05) is 23.3 Å². The van der Waals surface area contributed by atoms with Crippen LogP contribution in [0.5, 0.6) is 23.0 Å². The minimum atomic E-state index is -0.503. The predicted molar refractivity (Wildman–Crippen MR) is 122 cm³/mol. The Morgan fingerprint density at radius 1 is 0.906 bits per heavy atom. The van der Waals surface area contributed by atoms with E-state index in [-0.39, 0.29) is 0 Å². The molecule has 0 atom stereocenters. The van der Waals surface area contributed by atoms with Gasteiger partial charge in [-0.15, -0.1) is 0 Å².